The topological polar surface area (TPSA) is 54.9 Å². The van der Waals surface area contributed by atoms with Gasteiger partial charge in [-0.05, 0) is 13.0 Å². The number of nitrogens with zero attached hydrogens (tertiary/aromatic N) is 1. The van der Waals surface area contributed by atoms with E-state index in [1.807, 2.05) is 0 Å². The summed E-state index contributed by atoms with van der Waals surface area (Å²) in [6, 6.07) is 5.00. The zero-order chi connectivity index (χ0) is 16.4. The van der Waals surface area contributed by atoms with Crippen molar-refractivity contribution in [3.63, 3.8) is 0 Å². The Morgan fingerprint density at radius 2 is 2.18 bits per heavy atom. The number of hydrogen-bond acceptors (Lipinski definition) is 3. The number of aliphatic imine (C=N–C) groups is 1. The van der Waals surface area contributed by atoms with Crippen molar-refractivity contribution in [3.05, 3.63) is 36.4 Å². The molecule has 0 aliphatic carbocycles. The highest BCUT2D eigenvalue weighted by atomic mass is 19.3. The molecule has 1 rings (SSSR count). The summed E-state index contributed by atoms with van der Waals surface area (Å²) in [4.78, 5) is 4.02. The van der Waals surface area contributed by atoms with Crippen LogP contribution in [0, 0.1) is 0 Å². The Morgan fingerprint density at radius 3 is 2.77 bits per heavy atom. The van der Waals surface area contributed by atoms with E-state index in [-0.39, 0.29) is 18.0 Å². The third-order valence-electron chi connectivity index (χ3n) is 2.65. The van der Waals surface area contributed by atoms with Crippen LogP contribution in [0.2, 0.25) is 0 Å². The lowest BCUT2D eigenvalue weighted by Gasteiger charge is -2.16. The number of ether oxygens (including phenoxy) is 2. The molecule has 5 nitrogen and oxygen atoms in total. The van der Waals surface area contributed by atoms with Crippen LogP contribution < -0.4 is 20.1 Å². The molecule has 22 heavy (non-hydrogen) atoms. The minimum atomic E-state index is -2.92. The van der Waals surface area contributed by atoms with E-state index in [2.05, 4.69) is 26.9 Å². The molecule has 0 amide bonds. The molecule has 1 aromatic rings. The summed E-state index contributed by atoms with van der Waals surface area (Å²) in [6.07, 6.45) is 1.69. The molecule has 0 aromatic heterocycles. The van der Waals surface area contributed by atoms with Crippen molar-refractivity contribution in [2.24, 2.45) is 4.99 Å². The van der Waals surface area contributed by atoms with Crippen LogP contribution in [-0.2, 0) is 6.54 Å². The Morgan fingerprint density at radius 1 is 1.41 bits per heavy atom. The summed E-state index contributed by atoms with van der Waals surface area (Å²) in [6.45, 7) is 3.62. The molecule has 2 N–H and O–H groups in total. The Balaban J connectivity index is 2.88. The summed E-state index contributed by atoms with van der Waals surface area (Å²) < 4.78 is 35.1. The number of nitrogens with one attached hydrogen (secondary N) is 2. The molecular weight excluding hydrogens is 292 g/mol. The normalized spacial score (nSPS) is 11.2. The molecule has 1 aromatic carbocycles. The maximum atomic E-state index is 12.6. The zero-order valence-electron chi connectivity index (χ0n) is 12.7. The van der Waals surface area contributed by atoms with Gasteiger partial charge < -0.3 is 20.1 Å². The van der Waals surface area contributed by atoms with Gasteiger partial charge in [0.25, 0.3) is 0 Å². The average molecular weight is 313 g/mol. The Bertz CT molecular complexity index is 508. The first-order valence-corrected chi connectivity index (χ1v) is 6.87. The predicted molar refractivity (Wildman–Crippen MR) is 82.6 cm³/mol. The fourth-order valence-corrected chi connectivity index (χ4v) is 1.76. The van der Waals surface area contributed by atoms with Crippen LogP contribution in [-0.4, -0.2) is 32.8 Å². The lowest BCUT2D eigenvalue weighted by molar-refractivity contribution is -0.0520. The highest BCUT2D eigenvalue weighted by Crippen LogP contribution is 2.32. The smallest absolute Gasteiger partial charge is 0.387 e. The quantitative estimate of drug-likeness (QED) is 0.440. The minimum absolute atomic E-state index is 0.0334. The number of rotatable bonds is 8. The van der Waals surface area contributed by atoms with Gasteiger partial charge in [0.15, 0.2) is 17.5 Å². The molecule has 0 fully saturated rings. The lowest BCUT2D eigenvalue weighted by atomic mass is 10.2. The SMILES string of the molecule is C=CCNC(=NC)NCc1cccc(OCC)c1OC(F)F. The van der Waals surface area contributed by atoms with Gasteiger partial charge >= 0.3 is 6.61 Å². The number of guanidine groups is 1. The van der Waals surface area contributed by atoms with Crippen molar-refractivity contribution < 1.29 is 18.3 Å². The Hall–Kier alpha value is -2.31. The van der Waals surface area contributed by atoms with Crippen molar-refractivity contribution in [1.82, 2.24) is 10.6 Å². The van der Waals surface area contributed by atoms with Crippen LogP contribution in [0.4, 0.5) is 8.78 Å². The van der Waals surface area contributed by atoms with E-state index < -0.39 is 6.61 Å². The highest BCUT2D eigenvalue weighted by Gasteiger charge is 2.15. The molecule has 0 aliphatic heterocycles. The van der Waals surface area contributed by atoms with Crippen molar-refractivity contribution in [2.45, 2.75) is 20.1 Å². The molecule has 0 heterocycles. The third kappa shape index (κ3) is 5.59. The largest absolute Gasteiger partial charge is 0.490 e. The van der Waals surface area contributed by atoms with Crippen LogP contribution in [0.1, 0.15) is 12.5 Å². The molecule has 0 saturated heterocycles. The second kappa shape index (κ2) is 9.59. The van der Waals surface area contributed by atoms with Gasteiger partial charge in [-0.3, -0.25) is 4.99 Å². The average Bonchev–Trinajstić information content (AvgIpc) is 2.50. The summed E-state index contributed by atoms with van der Waals surface area (Å²) in [5, 5.41) is 6.00. The fourth-order valence-electron chi connectivity index (χ4n) is 1.76. The fraction of sp³-hybridized carbons (Fsp3) is 0.400. The van der Waals surface area contributed by atoms with Crippen LogP contribution in [0.25, 0.3) is 0 Å². The second-order valence-electron chi connectivity index (χ2n) is 4.15. The molecule has 0 radical (unpaired) electrons. The van der Waals surface area contributed by atoms with Crippen LogP contribution in [0.15, 0.2) is 35.8 Å². The number of benzene rings is 1. The molecule has 0 unspecified atom stereocenters. The van der Waals surface area contributed by atoms with Crippen LogP contribution in [0.3, 0.4) is 0 Å². The Kier molecular flexibility index (Phi) is 7.74. The van der Waals surface area contributed by atoms with Gasteiger partial charge in [-0.2, -0.15) is 8.78 Å². The van der Waals surface area contributed by atoms with E-state index in [9.17, 15) is 8.78 Å². The molecule has 0 aliphatic rings. The molecule has 0 bridgehead atoms. The summed E-state index contributed by atoms with van der Waals surface area (Å²) >= 11 is 0. The lowest BCUT2D eigenvalue weighted by Crippen LogP contribution is -2.36. The van der Waals surface area contributed by atoms with E-state index >= 15 is 0 Å². The molecular formula is C15H21F2N3O2. The van der Waals surface area contributed by atoms with E-state index in [1.165, 1.54) is 0 Å². The summed E-state index contributed by atoms with van der Waals surface area (Å²) in [5.41, 5.74) is 0.549. The van der Waals surface area contributed by atoms with Gasteiger partial charge in [-0.25, -0.2) is 0 Å². The molecule has 7 heteroatoms. The maximum absolute atomic E-state index is 12.6. The predicted octanol–water partition coefficient (Wildman–Crippen LogP) is 2.54. The van der Waals surface area contributed by atoms with Crippen LogP contribution >= 0.6 is 0 Å². The first kappa shape index (κ1) is 17.7. The summed E-state index contributed by atoms with van der Waals surface area (Å²) in [7, 11) is 1.62. The molecule has 0 saturated carbocycles. The van der Waals surface area contributed by atoms with E-state index in [1.54, 1.807) is 38.2 Å². The van der Waals surface area contributed by atoms with Gasteiger partial charge in [0.05, 0.1) is 6.61 Å². The van der Waals surface area contributed by atoms with Crippen LogP contribution in [0.5, 0.6) is 11.5 Å². The standard InChI is InChI=1S/C15H21F2N3O2/c1-4-9-19-15(18-3)20-10-11-7-6-8-12(21-5-2)13(11)22-14(16)17/h4,6-8,14H,1,5,9-10H2,2-3H3,(H2,18,19,20). The van der Waals surface area contributed by atoms with Gasteiger partial charge in [-0.15, -0.1) is 6.58 Å². The second-order valence-corrected chi connectivity index (χ2v) is 4.15. The van der Waals surface area contributed by atoms with Crippen molar-refractivity contribution in [3.8, 4) is 11.5 Å². The minimum Gasteiger partial charge on any atom is -0.490 e. The number of para-hydroxylation sites is 1. The van der Waals surface area contributed by atoms with Crippen molar-refractivity contribution in [2.75, 3.05) is 20.2 Å². The maximum Gasteiger partial charge on any atom is 0.387 e. The van der Waals surface area contributed by atoms with E-state index in [4.69, 9.17) is 4.74 Å². The van der Waals surface area contributed by atoms with E-state index in [0.29, 0.717) is 24.7 Å². The highest BCUT2D eigenvalue weighted by molar-refractivity contribution is 5.79. The van der Waals surface area contributed by atoms with Crippen molar-refractivity contribution >= 4 is 5.96 Å². The molecule has 0 atom stereocenters. The zero-order valence-corrected chi connectivity index (χ0v) is 12.7. The number of halogens is 2. The number of alkyl halides is 2. The molecule has 122 valence electrons. The van der Waals surface area contributed by atoms with Crippen molar-refractivity contribution in [1.29, 1.82) is 0 Å². The van der Waals surface area contributed by atoms with Gasteiger partial charge in [0.2, 0.25) is 0 Å². The monoisotopic (exact) mass is 313 g/mol. The van der Waals surface area contributed by atoms with E-state index in [0.717, 1.165) is 0 Å². The molecule has 0 spiro atoms. The third-order valence-corrected chi connectivity index (χ3v) is 2.65. The van der Waals surface area contributed by atoms with Gasteiger partial charge in [0.1, 0.15) is 0 Å². The summed E-state index contributed by atoms with van der Waals surface area (Å²) in [5.74, 6) is 0.854. The Labute approximate surface area is 129 Å². The first-order valence-electron chi connectivity index (χ1n) is 6.87. The number of hydrogen-bond donors (Lipinski definition) is 2. The van der Waals surface area contributed by atoms with Gasteiger partial charge in [0, 0.05) is 25.7 Å². The first-order chi connectivity index (χ1) is 10.6. The van der Waals surface area contributed by atoms with Gasteiger partial charge in [-0.1, -0.05) is 18.2 Å².